The third kappa shape index (κ3) is 4.62. The Morgan fingerprint density at radius 2 is 1.44 bits per heavy atom. The highest BCUT2D eigenvalue weighted by molar-refractivity contribution is 6.40. The van der Waals surface area contributed by atoms with E-state index in [0.717, 1.165) is 16.3 Å². The number of fused-ring (bicyclic) bond motifs is 1. The lowest BCUT2D eigenvalue weighted by Gasteiger charge is -2.17. The van der Waals surface area contributed by atoms with Gasteiger partial charge >= 0.3 is 0 Å². The van der Waals surface area contributed by atoms with Crippen LogP contribution < -0.4 is 10.6 Å². The van der Waals surface area contributed by atoms with Crippen LogP contribution in [-0.2, 0) is 0 Å². The number of rotatable bonds is 5. The Morgan fingerprint density at radius 1 is 0.781 bits per heavy atom. The molecule has 4 nitrogen and oxygen atoms in total. The summed E-state index contributed by atoms with van der Waals surface area (Å²) >= 11 is 12.2. The second-order valence-electron chi connectivity index (χ2n) is 7.40. The summed E-state index contributed by atoms with van der Waals surface area (Å²) in [4.78, 5) is 25.6. The van der Waals surface area contributed by atoms with Crippen LogP contribution in [0.1, 0.15) is 39.2 Å². The van der Waals surface area contributed by atoms with Crippen molar-refractivity contribution in [1.82, 2.24) is 5.32 Å². The van der Waals surface area contributed by atoms with Gasteiger partial charge in [-0.15, -0.1) is 0 Å². The largest absolute Gasteiger partial charge is 0.345 e. The van der Waals surface area contributed by atoms with Gasteiger partial charge < -0.3 is 10.6 Å². The van der Waals surface area contributed by atoms with Gasteiger partial charge in [-0.25, -0.2) is 0 Å². The molecule has 160 valence electrons. The van der Waals surface area contributed by atoms with Gasteiger partial charge in [0.2, 0.25) is 0 Å². The number of carbonyl (C=O) groups is 2. The van der Waals surface area contributed by atoms with E-state index in [4.69, 9.17) is 23.2 Å². The first-order chi connectivity index (χ1) is 15.4. The van der Waals surface area contributed by atoms with Crippen molar-refractivity contribution in [1.29, 1.82) is 0 Å². The van der Waals surface area contributed by atoms with Gasteiger partial charge in [0.15, 0.2) is 0 Å². The van der Waals surface area contributed by atoms with Gasteiger partial charge in [0, 0.05) is 11.3 Å². The summed E-state index contributed by atoms with van der Waals surface area (Å²) in [5, 5.41) is 8.53. The number of carbonyl (C=O) groups excluding carboxylic acids is 2. The van der Waals surface area contributed by atoms with E-state index in [-0.39, 0.29) is 27.6 Å². The molecule has 0 radical (unpaired) electrons. The van der Waals surface area contributed by atoms with Crippen LogP contribution in [0.5, 0.6) is 0 Å². The molecule has 0 aliphatic carbocycles. The average molecular weight is 463 g/mol. The van der Waals surface area contributed by atoms with E-state index >= 15 is 0 Å². The SMILES string of the molecule is C[C@H](NC(=O)c1cccc(NC(=O)c2c(Cl)cccc2Cl)c1)c1cccc2ccccc12. The number of hydrogen-bond donors (Lipinski definition) is 2. The zero-order chi connectivity index (χ0) is 22.7. The molecule has 4 rings (SSSR count). The summed E-state index contributed by atoms with van der Waals surface area (Å²) in [5.41, 5.74) is 2.13. The van der Waals surface area contributed by atoms with Crippen molar-refractivity contribution in [3.8, 4) is 0 Å². The molecule has 1 atom stereocenters. The standard InChI is InChI=1S/C26H20Cl2N2O2/c1-16(20-12-5-8-17-7-2-3-11-21(17)20)29-25(31)18-9-4-10-19(15-18)30-26(32)24-22(27)13-6-14-23(24)28/h2-16H,1H3,(H,29,31)(H,30,32)/t16-/m0/s1. The molecule has 0 saturated carbocycles. The summed E-state index contributed by atoms with van der Waals surface area (Å²) in [6, 6.07) is 25.5. The lowest BCUT2D eigenvalue weighted by atomic mass is 9.99. The fourth-order valence-electron chi connectivity index (χ4n) is 3.63. The molecule has 32 heavy (non-hydrogen) atoms. The third-order valence-corrected chi connectivity index (χ3v) is 5.84. The van der Waals surface area contributed by atoms with E-state index in [1.807, 2.05) is 49.4 Å². The number of halogens is 2. The molecule has 2 amide bonds. The summed E-state index contributed by atoms with van der Waals surface area (Å²) in [7, 11) is 0. The van der Waals surface area contributed by atoms with Crippen LogP contribution in [0.15, 0.2) is 84.9 Å². The van der Waals surface area contributed by atoms with E-state index < -0.39 is 5.91 Å². The number of hydrogen-bond acceptors (Lipinski definition) is 2. The maximum Gasteiger partial charge on any atom is 0.258 e. The van der Waals surface area contributed by atoms with E-state index in [2.05, 4.69) is 10.6 Å². The van der Waals surface area contributed by atoms with Crippen LogP contribution in [0.2, 0.25) is 10.0 Å². The predicted molar refractivity (Wildman–Crippen MR) is 131 cm³/mol. The Labute approximate surface area is 196 Å². The lowest BCUT2D eigenvalue weighted by molar-refractivity contribution is 0.0939. The van der Waals surface area contributed by atoms with Crippen LogP contribution >= 0.6 is 23.2 Å². The molecule has 2 N–H and O–H groups in total. The Hall–Kier alpha value is -3.34. The summed E-state index contributed by atoms with van der Waals surface area (Å²) in [6.45, 7) is 1.95. The van der Waals surface area contributed by atoms with E-state index in [9.17, 15) is 9.59 Å². The van der Waals surface area contributed by atoms with Gasteiger partial charge in [-0.2, -0.15) is 0 Å². The Bertz CT molecular complexity index is 1290. The first-order valence-electron chi connectivity index (χ1n) is 10.1. The monoisotopic (exact) mass is 462 g/mol. The lowest BCUT2D eigenvalue weighted by Crippen LogP contribution is -2.27. The molecule has 4 aromatic rings. The van der Waals surface area contributed by atoms with Gasteiger partial charge in [0.1, 0.15) is 0 Å². The van der Waals surface area contributed by atoms with Crippen LogP contribution in [-0.4, -0.2) is 11.8 Å². The van der Waals surface area contributed by atoms with Crippen molar-refractivity contribution in [3.63, 3.8) is 0 Å². The maximum atomic E-state index is 12.9. The molecule has 0 aliphatic rings. The van der Waals surface area contributed by atoms with Gasteiger partial charge in [-0.3, -0.25) is 9.59 Å². The molecule has 0 unspecified atom stereocenters. The molecule has 4 aromatic carbocycles. The predicted octanol–water partition coefficient (Wildman–Crippen LogP) is 6.89. The molecule has 0 fully saturated rings. The molecule has 0 saturated heterocycles. The Morgan fingerprint density at radius 3 is 2.22 bits per heavy atom. The quantitative estimate of drug-likeness (QED) is 0.339. The van der Waals surface area contributed by atoms with Crippen molar-refractivity contribution in [3.05, 3.63) is 112 Å². The van der Waals surface area contributed by atoms with Crippen molar-refractivity contribution >= 4 is 51.5 Å². The van der Waals surface area contributed by atoms with Crippen LogP contribution in [0.4, 0.5) is 5.69 Å². The van der Waals surface area contributed by atoms with Crippen LogP contribution in [0.3, 0.4) is 0 Å². The highest BCUT2D eigenvalue weighted by atomic mass is 35.5. The van der Waals surface area contributed by atoms with Crippen molar-refractivity contribution in [2.24, 2.45) is 0 Å². The zero-order valence-electron chi connectivity index (χ0n) is 17.2. The number of anilines is 1. The summed E-state index contributed by atoms with van der Waals surface area (Å²) in [6.07, 6.45) is 0. The van der Waals surface area contributed by atoms with E-state index in [0.29, 0.717) is 11.3 Å². The third-order valence-electron chi connectivity index (χ3n) is 5.21. The number of nitrogens with one attached hydrogen (secondary N) is 2. The Kier molecular flexibility index (Phi) is 6.45. The highest BCUT2D eigenvalue weighted by Crippen LogP contribution is 2.26. The molecule has 6 heteroatoms. The second-order valence-corrected chi connectivity index (χ2v) is 8.21. The van der Waals surface area contributed by atoms with Crippen LogP contribution in [0, 0.1) is 0 Å². The molecule has 0 aromatic heterocycles. The maximum absolute atomic E-state index is 12.9. The minimum absolute atomic E-state index is 0.190. The molecular weight excluding hydrogens is 443 g/mol. The first kappa shape index (κ1) is 21.9. The fraction of sp³-hybridized carbons (Fsp3) is 0.0769. The molecule has 0 heterocycles. The van der Waals surface area contributed by atoms with Gasteiger partial charge in [-0.1, -0.05) is 77.8 Å². The fourth-order valence-corrected chi connectivity index (χ4v) is 4.20. The Balaban J connectivity index is 1.51. The number of benzene rings is 4. The zero-order valence-corrected chi connectivity index (χ0v) is 18.7. The van der Waals surface area contributed by atoms with Crippen molar-refractivity contribution in [2.45, 2.75) is 13.0 Å². The van der Waals surface area contributed by atoms with Gasteiger partial charge in [0.25, 0.3) is 11.8 Å². The first-order valence-corrected chi connectivity index (χ1v) is 10.8. The summed E-state index contributed by atoms with van der Waals surface area (Å²) in [5.74, 6) is -0.681. The smallest absolute Gasteiger partial charge is 0.258 e. The second kappa shape index (κ2) is 9.43. The van der Waals surface area contributed by atoms with Crippen molar-refractivity contribution in [2.75, 3.05) is 5.32 Å². The molecule has 0 spiro atoms. The molecule has 0 bridgehead atoms. The van der Waals surface area contributed by atoms with E-state index in [1.165, 1.54) is 0 Å². The van der Waals surface area contributed by atoms with E-state index in [1.54, 1.807) is 42.5 Å². The van der Waals surface area contributed by atoms with Gasteiger partial charge in [0.05, 0.1) is 21.7 Å². The van der Waals surface area contributed by atoms with Crippen LogP contribution in [0.25, 0.3) is 10.8 Å². The topological polar surface area (TPSA) is 58.2 Å². The molecule has 0 aliphatic heterocycles. The highest BCUT2D eigenvalue weighted by Gasteiger charge is 2.17. The number of amides is 2. The summed E-state index contributed by atoms with van der Waals surface area (Å²) < 4.78 is 0. The molecular formula is C26H20Cl2N2O2. The normalized spacial score (nSPS) is 11.7. The van der Waals surface area contributed by atoms with Gasteiger partial charge in [-0.05, 0) is 53.6 Å². The van der Waals surface area contributed by atoms with Crippen molar-refractivity contribution < 1.29 is 9.59 Å². The average Bonchev–Trinajstić information content (AvgIpc) is 2.78. The minimum atomic E-state index is -0.442. The minimum Gasteiger partial charge on any atom is -0.345 e.